The van der Waals surface area contributed by atoms with Crippen LogP contribution in [-0.4, -0.2) is 9.97 Å². The van der Waals surface area contributed by atoms with Gasteiger partial charge in [0.05, 0.1) is 11.5 Å². The summed E-state index contributed by atoms with van der Waals surface area (Å²) in [5.41, 5.74) is 5.30. The zero-order valence-corrected chi connectivity index (χ0v) is 15.2. The van der Waals surface area contributed by atoms with E-state index in [1.807, 2.05) is 30.3 Å². The fourth-order valence-electron chi connectivity index (χ4n) is 2.95. The number of hydrogen-bond acceptors (Lipinski definition) is 6. The number of ether oxygens (including phenoxy) is 1. The largest absolute Gasteiger partial charge is 0.460 e. The minimum Gasteiger partial charge on any atom is -0.460 e. The Morgan fingerprint density at radius 3 is 2.56 bits per heavy atom. The van der Waals surface area contributed by atoms with Crippen molar-refractivity contribution in [1.29, 1.82) is 5.26 Å². The highest BCUT2D eigenvalue weighted by molar-refractivity contribution is 9.10. The van der Waals surface area contributed by atoms with E-state index in [2.05, 4.69) is 25.9 Å². The summed E-state index contributed by atoms with van der Waals surface area (Å²) in [6.07, 6.45) is 0. The van der Waals surface area contributed by atoms with Gasteiger partial charge >= 0.3 is 5.69 Å². The Hall–Kier alpha value is -3.51. The minimum absolute atomic E-state index is 0.0248. The second kappa shape index (κ2) is 6.34. The predicted octanol–water partition coefficient (Wildman–Crippen LogP) is 2.30. The van der Waals surface area contributed by atoms with E-state index in [0.29, 0.717) is 11.5 Å². The number of hydrogen-bond donors (Lipinski definition) is 3. The van der Waals surface area contributed by atoms with Gasteiger partial charge in [0, 0.05) is 10.0 Å². The van der Waals surface area contributed by atoms with Crippen LogP contribution in [0.2, 0.25) is 0 Å². The van der Waals surface area contributed by atoms with Crippen LogP contribution >= 0.6 is 15.9 Å². The number of fused-ring (bicyclic) bond motifs is 1. The smallest absolute Gasteiger partial charge is 0.328 e. The first-order valence-corrected chi connectivity index (χ1v) is 8.57. The molecule has 0 aliphatic carbocycles. The zero-order valence-electron chi connectivity index (χ0n) is 13.6. The van der Waals surface area contributed by atoms with E-state index in [1.54, 1.807) is 12.1 Å². The van der Waals surface area contributed by atoms with E-state index < -0.39 is 17.2 Å². The van der Waals surface area contributed by atoms with Crippen molar-refractivity contribution in [2.24, 2.45) is 5.73 Å². The van der Waals surface area contributed by atoms with Crippen LogP contribution in [0.15, 0.2) is 66.3 Å². The molecule has 0 bridgehead atoms. The molecule has 1 aliphatic rings. The molecule has 0 spiro atoms. The number of nitrogens with zero attached hydrogens (tertiary/aromatic N) is 1. The molecule has 0 saturated carbocycles. The number of furan rings is 1. The van der Waals surface area contributed by atoms with Crippen LogP contribution < -0.4 is 21.7 Å². The molecule has 1 aliphatic heterocycles. The minimum atomic E-state index is -0.899. The van der Waals surface area contributed by atoms with Crippen LogP contribution in [0.3, 0.4) is 0 Å². The van der Waals surface area contributed by atoms with Crippen molar-refractivity contribution in [1.82, 2.24) is 9.97 Å². The van der Waals surface area contributed by atoms with Gasteiger partial charge in [0.25, 0.3) is 5.56 Å². The third kappa shape index (κ3) is 2.86. The van der Waals surface area contributed by atoms with Gasteiger partial charge in [0.15, 0.2) is 0 Å². The number of aromatic nitrogens is 2. The monoisotopic (exact) mass is 426 g/mol. The lowest BCUT2D eigenvalue weighted by Crippen LogP contribution is -2.33. The van der Waals surface area contributed by atoms with Crippen molar-refractivity contribution in [3.05, 3.63) is 84.5 Å². The molecule has 27 heavy (non-hydrogen) atoms. The van der Waals surface area contributed by atoms with E-state index in [9.17, 15) is 14.9 Å². The van der Waals surface area contributed by atoms with Crippen molar-refractivity contribution in [3.8, 4) is 23.3 Å². The molecular formula is C18H11BrN4O4. The fourth-order valence-corrected chi connectivity index (χ4v) is 3.22. The summed E-state index contributed by atoms with van der Waals surface area (Å²) in [4.78, 5) is 28.4. The van der Waals surface area contributed by atoms with Crippen molar-refractivity contribution >= 4 is 15.9 Å². The number of benzene rings is 1. The summed E-state index contributed by atoms with van der Waals surface area (Å²) in [5.74, 6) is -0.315. The van der Waals surface area contributed by atoms with Gasteiger partial charge in [0.1, 0.15) is 23.2 Å². The summed E-state index contributed by atoms with van der Waals surface area (Å²) >= 11 is 3.37. The quantitative estimate of drug-likeness (QED) is 0.574. The molecule has 3 heterocycles. The summed E-state index contributed by atoms with van der Waals surface area (Å²) in [6.45, 7) is 0. The van der Waals surface area contributed by atoms with E-state index in [4.69, 9.17) is 14.9 Å². The molecule has 4 rings (SSSR count). The number of nitriles is 1. The Bertz CT molecular complexity index is 1230. The Morgan fingerprint density at radius 2 is 1.85 bits per heavy atom. The lowest BCUT2D eigenvalue weighted by atomic mass is 9.89. The summed E-state index contributed by atoms with van der Waals surface area (Å²) < 4.78 is 12.1. The van der Waals surface area contributed by atoms with Gasteiger partial charge in [-0.1, -0.05) is 28.1 Å². The molecule has 0 radical (unpaired) electrons. The third-order valence-corrected chi connectivity index (χ3v) is 4.69. The molecule has 1 atom stereocenters. The van der Waals surface area contributed by atoms with Gasteiger partial charge in [-0.2, -0.15) is 5.26 Å². The average molecular weight is 427 g/mol. The first-order chi connectivity index (χ1) is 13.0. The van der Waals surface area contributed by atoms with E-state index in [1.165, 1.54) is 0 Å². The maximum atomic E-state index is 12.4. The summed E-state index contributed by atoms with van der Waals surface area (Å²) in [6, 6.07) is 12.8. The molecule has 1 unspecified atom stereocenters. The highest BCUT2D eigenvalue weighted by atomic mass is 79.9. The highest BCUT2D eigenvalue weighted by Crippen LogP contribution is 2.40. The highest BCUT2D eigenvalue weighted by Gasteiger charge is 2.36. The van der Waals surface area contributed by atoms with Crippen LogP contribution in [0.25, 0.3) is 11.3 Å². The number of H-pyrrole nitrogens is 2. The molecule has 1 aromatic carbocycles. The number of nitrogens with two attached hydrogens (primary N) is 1. The van der Waals surface area contributed by atoms with E-state index >= 15 is 0 Å². The summed E-state index contributed by atoms with van der Waals surface area (Å²) in [5, 5.41) is 9.52. The molecule has 4 N–H and O–H groups in total. The molecule has 2 aromatic heterocycles. The normalized spacial score (nSPS) is 15.8. The first-order valence-electron chi connectivity index (χ1n) is 7.77. The molecule has 3 aromatic rings. The molecule has 0 fully saturated rings. The number of halogens is 1. The molecule has 8 nitrogen and oxygen atoms in total. The zero-order chi connectivity index (χ0) is 19.1. The Balaban J connectivity index is 1.88. The third-order valence-electron chi connectivity index (χ3n) is 4.16. The van der Waals surface area contributed by atoms with Gasteiger partial charge < -0.3 is 14.9 Å². The van der Waals surface area contributed by atoms with Crippen LogP contribution in [-0.2, 0) is 0 Å². The molecule has 0 amide bonds. The van der Waals surface area contributed by atoms with Gasteiger partial charge in [-0.3, -0.25) is 14.8 Å². The molecule has 134 valence electrons. The van der Waals surface area contributed by atoms with Crippen LogP contribution in [0.4, 0.5) is 0 Å². The van der Waals surface area contributed by atoms with Crippen LogP contribution in [0.5, 0.6) is 5.88 Å². The number of nitrogens with one attached hydrogen (secondary N) is 2. The fraction of sp³-hybridized carbons (Fsp3) is 0.0556. The molecule has 0 saturated heterocycles. The van der Waals surface area contributed by atoms with Crippen LogP contribution in [0, 0.1) is 11.3 Å². The lowest BCUT2D eigenvalue weighted by molar-refractivity contribution is 0.365. The topological polar surface area (TPSA) is 138 Å². The lowest BCUT2D eigenvalue weighted by Gasteiger charge is -2.22. The second-order valence-electron chi connectivity index (χ2n) is 5.78. The molecule has 9 heteroatoms. The summed E-state index contributed by atoms with van der Waals surface area (Å²) in [7, 11) is 0. The van der Waals surface area contributed by atoms with Gasteiger partial charge in [0.2, 0.25) is 11.8 Å². The van der Waals surface area contributed by atoms with Crippen molar-refractivity contribution in [3.63, 3.8) is 0 Å². The van der Waals surface area contributed by atoms with Crippen molar-refractivity contribution < 1.29 is 9.15 Å². The molecular weight excluding hydrogens is 416 g/mol. The Kier molecular flexibility index (Phi) is 3.97. The number of rotatable bonds is 2. The maximum absolute atomic E-state index is 12.4. The van der Waals surface area contributed by atoms with Crippen molar-refractivity contribution in [2.75, 3.05) is 0 Å². The van der Waals surface area contributed by atoms with Crippen molar-refractivity contribution in [2.45, 2.75) is 5.92 Å². The standard InChI is InChI=1S/C18H11BrN4O4/c19-9-3-1-8(2-4-9)11-5-6-12(26-11)13-10(7-20)15(21)27-17-14(13)16(24)22-18(25)23-17/h1-6,13H,21H2,(H2,22,23,24,25). The van der Waals surface area contributed by atoms with Gasteiger partial charge in [-0.15, -0.1) is 0 Å². The van der Waals surface area contributed by atoms with Crippen LogP contribution in [0.1, 0.15) is 17.2 Å². The van der Waals surface area contributed by atoms with Gasteiger partial charge in [-0.25, -0.2) is 4.79 Å². The number of aromatic amines is 2. The average Bonchev–Trinajstić information content (AvgIpc) is 3.10. The van der Waals surface area contributed by atoms with E-state index in [0.717, 1.165) is 10.0 Å². The second-order valence-corrected chi connectivity index (χ2v) is 6.70. The SMILES string of the molecule is N#CC1=C(N)Oc2[nH]c(=O)[nH]c(=O)c2C1c1ccc(-c2ccc(Br)cc2)o1. The Morgan fingerprint density at radius 1 is 1.11 bits per heavy atom. The van der Waals surface area contributed by atoms with E-state index in [-0.39, 0.29) is 22.9 Å². The predicted molar refractivity (Wildman–Crippen MR) is 98.8 cm³/mol. The number of allylic oxidation sites excluding steroid dienone is 1. The first kappa shape index (κ1) is 16.9. The van der Waals surface area contributed by atoms with Gasteiger partial charge in [-0.05, 0) is 24.3 Å². The maximum Gasteiger partial charge on any atom is 0.328 e. The Labute approximate surface area is 160 Å².